The summed E-state index contributed by atoms with van der Waals surface area (Å²) in [6, 6.07) is 15.5. The lowest BCUT2D eigenvalue weighted by Gasteiger charge is -2.25. The van der Waals surface area contributed by atoms with E-state index in [2.05, 4.69) is 10.4 Å². The molecule has 2 aliphatic heterocycles. The Hall–Kier alpha value is -5.33. The Bertz CT molecular complexity index is 1800. The monoisotopic (exact) mass is 658 g/mol. The number of benzene rings is 2. The third-order valence-electron chi connectivity index (χ3n) is 8.95. The number of carboxylic acid groups (broad SMARTS) is 1. The largest absolute Gasteiger partial charge is 0.493 e. The Morgan fingerprint density at radius 3 is 2.56 bits per heavy atom. The topological polar surface area (TPSA) is 148 Å². The fourth-order valence-electron chi connectivity index (χ4n) is 6.59. The van der Waals surface area contributed by atoms with Gasteiger partial charge in [0.05, 0.1) is 30.8 Å². The number of fused-ring (bicyclic) bond motifs is 5. The van der Waals surface area contributed by atoms with Gasteiger partial charge in [-0.1, -0.05) is 24.3 Å². The van der Waals surface area contributed by atoms with Crippen LogP contribution in [0.4, 0.5) is 0 Å². The van der Waals surface area contributed by atoms with Gasteiger partial charge >= 0.3 is 0 Å². The van der Waals surface area contributed by atoms with E-state index < -0.39 is 5.92 Å². The zero-order chi connectivity index (χ0) is 34.4. The first-order valence-electron chi connectivity index (χ1n) is 15.9. The second kappa shape index (κ2) is 15.1. The van der Waals surface area contributed by atoms with E-state index in [-0.39, 0.29) is 43.3 Å². The summed E-state index contributed by atoms with van der Waals surface area (Å²) in [6.45, 7) is 5.92. The lowest BCUT2D eigenvalue weighted by atomic mass is 9.88. The van der Waals surface area contributed by atoms with Crippen molar-refractivity contribution in [1.82, 2.24) is 29.5 Å². The van der Waals surface area contributed by atoms with E-state index in [9.17, 15) is 14.4 Å². The van der Waals surface area contributed by atoms with Gasteiger partial charge in [0.15, 0.2) is 11.5 Å². The second-order valence-corrected chi connectivity index (χ2v) is 12.1. The van der Waals surface area contributed by atoms with Crippen molar-refractivity contribution in [2.24, 2.45) is 13.0 Å². The lowest BCUT2D eigenvalue weighted by Crippen LogP contribution is -2.39. The molecule has 48 heavy (non-hydrogen) atoms. The number of hydrogen-bond donors (Lipinski definition) is 2. The van der Waals surface area contributed by atoms with Gasteiger partial charge < -0.3 is 34.3 Å². The standard InChI is InChI=1S/C34H40N6O5.CH2O2/c1-22-16-23(2)40(36-22)21-32(41)39-19-26-24-10-11-30(44-4)31(17-24)45-15-14-38(13-7-12-35-33(42)27(26)20-39)34(43)28-18-37(3)29-9-6-5-8-25(28)29;2-1-3/h5-6,8-11,16-18,26-27H,7,12-15,19-21H2,1-4H3,(H,35,42);1H,(H,2,3)/t26-,27+;/m1./s1. The van der Waals surface area contributed by atoms with Gasteiger partial charge in [-0.3, -0.25) is 23.9 Å². The number of amides is 3. The van der Waals surface area contributed by atoms with Gasteiger partial charge in [-0.2, -0.15) is 5.10 Å². The summed E-state index contributed by atoms with van der Waals surface area (Å²) in [5.41, 5.74) is 4.30. The van der Waals surface area contributed by atoms with E-state index in [0.717, 1.165) is 27.9 Å². The maximum absolute atomic E-state index is 13.8. The van der Waals surface area contributed by atoms with Gasteiger partial charge in [-0.05, 0) is 50.1 Å². The van der Waals surface area contributed by atoms with Crippen LogP contribution in [0.25, 0.3) is 10.9 Å². The molecule has 13 nitrogen and oxygen atoms in total. The molecule has 254 valence electrons. The summed E-state index contributed by atoms with van der Waals surface area (Å²) in [5, 5.41) is 15.3. The molecule has 4 heterocycles. The highest BCUT2D eigenvalue weighted by molar-refractivity contribution is 6.07. The van der Waals surface area contributed by atoms with Crippen molar-refractivity contribution in [3.8, 4) is 11.5 Å². The number of methoxy groups -OCH3 is 1. The van der Waals surface area contributed by atoms with Crippen molar-refractivity contribution < 1.29 is 33.8 Å². The van der Waals surface area contributed by atoms with Gasteiger partial charge in [0.2, 0.25) is 11.8 Å². The van der Waals surface area contributed by atoms with E-state index in [1.54, 1.807) is 21.6 Å². The smallest absolute Gasteiger partial charge is 0.290 e. The Morgan fingerprint density at radius 2 is 1.83 bits per heavy atom. The SMILES string of the molecule is COc1ccc2cc1OCCN(C(=O)c1cn(C)c3ccccc13)CCCNC(=O)[C@H]1CN(C(=O)Cn3nc(C)cc3C)C[C@H]21.O=CO. The molecule has 1 saturated heterocycles. The predicted molar refractivity (Wildman–Crippen MR) is 178 cm³/mol. The molecule has 2 aromatic carbocycles. The molecule has 6 rings (SSSR count). The highest BCUT2D eigenvalue weighted by Crippen LogP contribution is 2.38. The van der Waals surface area contributed by atoms with Crippen molar-refractivity contribution in [3.05, 3.63) is 77.2 Å². The van der Waals surface area contributed by atoms with Crippen LogP contribution in [0, 0.1) is 19.8 Å². The van der Waals surface area contributed by atoms with Crippen LogP contribution in [0.2, 0.25) is 0 Å². The molecule has 2 N–H and O–H groups in total. The number of nitrogens with one attached hydrogen (secondary N) is 1. The number of aryl methyl sites for hydroxylation is 3. The average molecular weight is 659 g/mol. The molecule has 1 fully saturated rings. The molecule has 0 aliphatic carbocycles. The van der Waals surface area contributed by atoms with Crippen molar-refractivity contribution in [2.45, 2.75) is 32.7 Å². The predicted octanol–water partition coefficient (Wildman–Crippen LogP) is 2.98. The third-order valence-corrected chi connectivity index (χ3v) is 8.95. The van der Waals surface area contributed by atoms with Crippen LogP contribution in [0.1, 0.15) is 39.6 Å². The minimum atomic E-state index is -0.438. The summed E-state index contributed by atoms with van der Waals surface area (Å²) in [7, 11) is 3.52. The number of nitrogens with zero attached hydrogens (tertiary/aromatic N) is 5. The Balaban J connectivity index is 0.00000145. The van der Waals surface area contributed by atoms with Crippen LogP contribution in [0.15, 0.2) is 54.7 Å². The molecular weight excluding hydrogens is 616 g/mol. The average Bonchev–Trinajstić information content (AvgIpc) is 3.76. The molecule has 2 aliphatic rings. The van der Waals surface area contributed by atoms with Crippen LogP contribution in [-0.2, 0) is 28.0 Å². The minimum absolute atomic E-state index is 0.0769. The van der Waals surface area contributed by atoms with Crippen molar-refractivity contribution in [1.29, 1.82) is 0 Å². The maximum Gasteiger partial charge on any atom is 0.290 e. The van der Waals surface area contributed by atoms with Gasteiger partial charge in [0, 0.05) is 61.9 Å². The molecular formula is C35H42N6O7. The summed E-state index contributed by atoms with van der Waals surface area (Å²) >= 11 is 0. The van der Waals surface area contributed by atoms with Gasteiger partial charge in [0.25, 0.3) is 12.4 Å². The summed E-state index contributed by atoms with van der Waals surface area (Å²) in [5.74, 6) is 0.185. The molecule has 4 aromatic rings. The summed E-state index contributed by atoms with van der Waals surface area (Å²) in [4.78, 5) is 52.8. The molecule has 0 saturated carbocycles. The number of ether oxygens (including phenoxy) is 2. The number of aromatic nitrogens is 3. The first-order chi connectivity index (χ1) is 23.1. The Kier molecular flexibility index (Phi) is 10.7. The second-order valence-electron chi connectivity index (χ2n) is 12.1. The van der Waals surface area contributed by atoms with Crippen LogP contribution in [0.3, 0.4) is 0 Å². The number of carbonyl (C=O) groups excluding carboxylic acids is 3. The van der Waals surface area contributed by atoms with Gasteiger partial charge in [0.1, 0.15) is 13.2 Å². The molecule has 2 atom stereocenters. The quantitative estimate of drug-likeness (QED) is 0.318. The Labute approximate surface area is 279 Å². The third kappa shape index (κ3) is 7.29. The normalized spacial score (nSPS) is 18.1. The molecule has 0 spiro atoms. The fraction of sp³-hybridized carbons (Fsp3) is 0.400. The number of para-hydroxylation sites is 1. The van der Waals surface area contributed by atoms with E-state index >= 15 is 0 Å². The minimum Gasteiger partial charge on any atom is -0.493 e. The van der Waals surface area contributed by atoms with E-state index in [0.29, 0.717) is 56.2 Å². The molecule has 3 amide bonds. The van der Waals surface area contributed by atoms with Crippen molar-refractivity contribution in [3.63, 3.8) is 0 Å². The van der Waals surface area contributed by atoms with E-state index in [4.69, 9.17) is 19.4 Å². The molecule has 0 radical (unpaired) electrons. The molecule has 0 unspecified atom stereocenters. The zero-order valence-corrected chi connectivity index (χ0v) is 27.7. The maximum atomic E-state index is 13.8. The van der Waals surface area contributed by atoms with Crippen LogP contribution in [-0.4, -0.2) is 99.9 Å². The van der Waals surface area contributed by atoms with Crippen LogP contribution >= 0.6 is 0 Å². The highest BCUT2D eigenvalue weighted by atomic mass is 16.5. The molecule has 13 heteroatoms. The van der Waals surface area contributed by atoms with Crippen LogP contribution in [0.5, 0.6) is 11.5 Å². The first-order valence-corrected chi connectivity index (χ1v) is 15.9. The van der Waals surface area contributed by atoms with Gasteiger partial charge in [-0.25, -0.2) is 0 Å². The van der Waals surface area contributed by atoms with E-state index in [1.165, 1.54) is 0 Å². The van der Waals surface area contributed by atoms with E-state index in [1.807, 2.05) is 80.2 Å². The fourth-order valence-corrected chi connectivity index (χ4v) is 6.59. The summed E-state index contributed by atoms with van der Waals surface area (Å²) in [6.07, 6.45) is 2.45. The van der Waals surface area contributed by atoms with Crippen LogP contribution < -0.4 is 14.8 Å². The highest BCUT2D eigenvalue weighted by Gasteiger charge is 2.41. The lowest BCUT2D eigenvalue weighted by molar-refractivity contribution is -0.131. The Morgan fingerprint density at radius 1 is 1.08 bits per heavy atom. The van der Waals surface area contributed by atoms with Crippen molar-refractivity contribution in [2.75, 3.05) is 46.4 Å². The van der Waals surface area contributed by atoms with Gasteiger partial charge in [-0.15, -0.1) is 0 Å². The number of hydrogen-bond acceptors (Lipinski definition) is 7. The number of carbonyl (C=O) groups is 4. The molecule has 2 aromatic heterocycles. The molecule has 2 bridgehead atoms. The number of likely N-dealkylation sites (tertiary alicyclic amines) is 1. The number of rotatable bonds is 4. The summed E-state index contributed by atoms with van der Waals surface area (Å²) < 4.78 is 15.5. The van der Waals surface area contributed by atoms with Crippen molar-refractivity contribution >= 4 is 35.1 Å². The zero-order valence-electron chi connectivity index (χ0n) is 27.7. The first kappa shape index (κ1) is 34.0.